The Balaban J connectivity index is 1.75. The molecule has 1 saturated heterocycles. The quantitative estimate of drug-likeness (QED) is 0.821. The molecular weight excluding hydrogens is 338 g/mol. The number of aromatic nitrogens is 2. The van der Waals surface area contributed by atoms with Crippen LogP contribution in [0.3, 0.4) is 0 Å². The fourth-order valence-electron chi connectivity index (χ4n) is 3.39. The average Bonchev–Trinajstić information content (AvgIpc) is 3.10. The molecule has 1 aliphatic heterocycles. The highest BCUT2D eigenvalue weighted by Gasteiger charge is 2.29. The van der Waals surface area contributed by atoms with E-state index in [9.17, 15) is 13.6 Å². The lowest BCUT2D eigenvalue weighted by molar-refractivity contribution is 0.0697. The van der Waals surface area contributed by atoms with Crippen molar-refractivity contribution in [3.63, 3.8) is 0 Å². The molecule has 0 saturated carbocycles. The van der Waals surface area contributed by atoms with Crippen molar-refractivity contribution in [1.82, 2.24) is 19.4 Å². The van der Waals surface area contributed by atoms with Crippen LogP contribution in [-0.4, -0.2) is 59.0 Å². The van der Waals surface area contributed by atoms with Crippen LogP contribution in [0.5, 0.6) is 0 Å². The first-order valence-electron chi connectivity index (χ1n) is 8.86. The number of likely N-dealkylation sites (N-methyl/N-ethyl adjacent to an activating group) is 1. The maximum Gasteiger partial charge on any atom is 0.256 e. The van der Waals surface area contributed by atoms with Crippen molar-refractivity contribution in [2.45, 2.75) is 25.3 Å². The van der Waals surface area contributed by atoms with Gasteiger partial charge >= 0.3 is 0 Å². The van der Waals surface area contributed by atoms with Crippen LogP contribution in [0.2, 0.25) is 0 Å². The molecule has 7 heteroatoms. The van der Waals surface area contributed by atoms with Gasteiger partial charge in [-0.1, -0.05) is 6.07 Å². The Morgan fingerprint density at radius 1 is 1.35 bits per heavy atom. The molecule has 1 atom stereocenters. The van der Waals surface area contributed by atoms with Crippen LogP contribution in [0, 0.1) is 11.6 Å². The summed E-state index contributed by atoms with van der Waals surface area (Å²) in [6.45, 7) is 2.73. The van der Waals surface area contributed by atoms with Crippen molar-refractivity contribution in [3.05, 3.63) is 53.6 Å². The molecule has 1 fully saturated rings. The van der Waals surface area contributed by atoms with E-state index < -0.39 is 17.5 Å². The molecule has 0 aliphatic carbocycles. The summed E-state index contributed by atoms with van der Waals surface area (Å²) in [6.07, 6.45) is 5.46. The number of amides is 1. The maximum atomic E-state index is 14.0. The predicted molar refractivity (Wildman–Crippen MR) is 95.0 cm³/mol. The minimum Gasteiger partial charge on any atom is -0.338 e. The normalized spacial score (nSPS) is 17.7. The van der Waals surface area contributed by atoms with Gasteiger partial charge in [-0.25, -0.2) is 13.8 Å². The molecule has 0 bridgehead atoms. The lowest BCUT2D eigenvalue weighted by atomic mass is 9.96. The summed E-state index contributed by atoms with van der Waals surface area (Å²) >= 11 is 0. The summed E-state index contributed by atoms with van der Waals surface area (Å²) in [6, 6.07) is 3.72. The molecule has 1 aromatic heterocycles. The second kappa shape index (κ2) is 7.95. The Kier molecular flexibility index (Phi) is 5.66. The van der Waals surface area contributed by atoms with Crippen LogP contribution in [0.4, 0.5) is 8.78 Å². The highest BCUT2D eigenvalue weighted by atomic mass is 19.2. The van der Waals surface area contributed by atoms with E-state index in [1.807, 2.05) is 20.3 Å². The van der Waals surface area contributed by atoms with E-state index >= 15 is 0 Å². The number of rotatable bonds is 5. The SMILES string of the molecule is CN(C)CCn1ccnc1C1CCCN(C(=O)c2cccc(F)c2F)C1. The van der Waals surface area contributed by atoms with Crippen LogP contribution in [0.15, 0.2) is 30.6 Å². The van der Waals surface area contributed by atoms with Crippen LogP contribution in [-0.2, 0) is 6.54 Å². The summed E-state index contributed by atoms with van der Waals surface area (Å²) < 4.78 is 29.5. The summed E-state index contributed by atoms with van der Waals surface area (Å²) in [7, 11) is 4.04. The molecule has 1 aliphatic rings. The van der Waals surface area contributed by atoms with Gasteiger partial charge in [0.25, 0.3) is 5.91 Å². The van der Waals surface area contributed by atoms with E-state index in [0.717, 1.165) is 37.8 Å². The Morgan fingerprint density at radius 3 is 2.92 bits per heavy atom. The first kappa shape index (κ1) is 18.5. The standard InChI is InChI=1S/C19H24F2N4O/c1-23(2)11-12-24-10-8-22-18(24)14-5-4-9-25(13-14)19(26)15-6-3-7-16(20)17(15)21/h3,6-8,10,14H,4-5,9,11-13H2,1-2H3. The number of hydrogen-bond acceptors (Lipinski definition) is 3. The van der Waals surface area contributed by atoms with Gasteiger partial charge in [0.05, 0.1) is 5.56 Å². The lowest BCUT2D eigenvalue weighted by Gasteiger charge is -2.33. The summed E-state index contributed by atoms with van der Waals surface area (Å²) in [5.41, 5.74) is -0.207. The molecule has 0 N–H and O–H groups in total. The molecule has 26 heavy (non-hydrogen) atoms. The Hall–Kier alpha value is -2.28. The van der Waals surface area contributed by atoms with Gasteiger partial charge in [-0.2, -0.15) is 0 Å². The summed E-state index contributed by atoms with van der Waals surface area (Å²) in [5, 5.41) is 0. The number of piperidine rings is 1. The van der Waals surface area contributed by atoms with Gasteiger partial charge in [-0.05, 0) is 39.1 Å². The molecule has 0 spiro atoms. The van der Waals surface area contributed by atoms with Gasteiger partial charge in [0, 0.05) is 44.5 Å². The Bertz CT molecular complexity index is 775. The monoisotopic (exact) mass is 362 g/mol. The van der Waals surface area contributed by atoms with Gasteiger partial charge in [0.15, 0.2) is 11.6 Å². The first-order valence-corrected chi connectivity index (χ1v) is 8.86. The minimum absolute atomic E-state index is 0.0986. The Morgan fingerprint density at radius 2 is 2.15 bits per heavy atom. The highest BCUT2D eigenvalue weighted by Crippen LogP contribution is 2.27. The number of likely N-dealkylation sites (tertiary alicyclic amines) is 1. The summed E-state index contributed by atoms with van der Waals surface area (Å²) in [5.74, 6) is -1.49. The van der Waals surface area contributed by atoms with Gasteiger partial charge in [-0.3, -0.25) is 4.79 Å². The third-order valence-corrected chi connectivity index (χ3v) is 4.79. The topological polar surface area (TPSA) is 41.4 Å². The van der Waals surface area contributed by atoms with E-state index in [4.69, 9.17) is 0 Å². The third-order valence-electron chi connectivity index (χ3n) is 4.79. The van der Waals surface area contributed by atoms with E-state index in [0.29, 0.717) is 13.1 Å². The van der Waals surface area contributed by atoms with Gasteiger partial charge < -0.3 is 14.4 Å². The number of hydrogen-bond donors (Lipinski definition) is 0. The van der Waals surface area contributed by atoms with Gasteiger partial charge in [-0.15, -0.1) is 0 Å². The number of benzene rings is 1. The van der Waals surface area contributed by atoms with E-state index in [2.05, 4.69) is 14.5 Å². The zero-order valence-electron chi connectivity index (χ0n) is 15.2. The van der Waals surface area contributed by atoms with Crippen molar-refractivity contribution < 1.29 is 13.6 Å². The number of nitrogens with zero attached hydrogens (tertiary/aromatic N) is 4. The maximum absolute atomic E-state index is 14.0. The Labute approximate surface area is 152 Å². The van der Waals surface area contributed by atoms with Crippen molar-refractivity contribution in [3.8, 4) is 0 Å². The fraction of sp³-hybridized carbons (Fsp3) is 0.474. The van der Waals surface area contributed by atoms with E-state index in [1.54, 1.807) is 11.1 Å². The van der Waals surface area contributed by atoms with E-state index in [-0.39, 0.29) is 11.5 Å². The smallest absolute Gasteiger partial charge is 0.256 e. The summed E-state index contributed by atoms with van der Waals surface area (Å²) in [4.78, 5) is 20.9. The first-order chi connectivity index (χ1) is 12.5. The average molecular weight is 362 g/mol. The van der Waals surface area contributed by atoms with Crippen molar-refractivity contribution in [1.29, 1.82) is 0 Å². The second-order valence-electron chi connectivity index (χ2n) is 6.97. The minimum atomic E-state index is -1.08. The largest absolute Gasteiger partial charge is 0.338 e. The molecule has 3 rings (SSSR count). The van der Waals surface area contributed by atoms with Crippen molar-refractivity contribution in [2.24, 2.45) is 0 Å². The molecule has 1 aromatic carbocycles. The van der Waals surface area contributed by atoms with Crippen LogP contribution < -0.4 is 0 Å². The predicted octanol–water partition coefficient (Wildman–Crippen LogP) is 2.74. The molecule has 140 valence electrons. The third kappa shape index (κ3) is 3.93. The van der Waals surface area contributed by atoms with Gasteiger partial charge in [0.1, 0.15) is 5.82 Å². The fourth-order valence-corrected chi connectivity index (χ4v) is 3.39. The van der Waals surface area contributed by atoms with Crippen LogP contribution >= 0.6 is 0 Å². The second-order valence-corrected chi connectivity index (χ2v) is 6.97. The number of carbonyl (C=O) groups is 1. The molecule has 5 nitrogen and oxygen atoms in total. The van der Waals surface area contributed by atoms with Crippen molar-refractivity contribution in [2.75, 3.05) is 33.7 Å². The molecule has 2 aromatic rings. The van der Waals surface area contributed by atoms with Crippen LogP contribution in [0.1, 0.15) is 34.9 Å². The molecule has 1 unspecified atom stereocenters. The van der Waals surface area contributed by atoms with Crippen molar-refractivity contribution >= 4 is 5.91 Å². The van der Waals surface area contributed by atoms with E-state index in [1.165, 1.54) is 12.1 Å². The number of imidazole rings is 1. The zero-order chi connectivity index (χ0) is 18.7. The van der Waals surface area contributed by atoms with Crippen LogP contribution in [0.25, 0.3) is 0 Å². The molecular formula is C19H24F2N4O. The molecule has 0 radical (unpaired) electrons. The molecule has 1 amide bonds. The number of halogens is 2. The highest BCUT2D eigenvalue weighted by molar-refractivity contribution is 5.94. The van der Waals surface area contributed by atoms with Gasteiger partial charge in [0.2, 0.25) is 0 Å². The number of carbonyl (C=O) groups excluding carboxylic acids is 1. The molecule has 2 heterocycles. The zero-order valence-corrected chi connectivity index (χ0v) is 15.2. The lowest BCUT2D eigenvalue weighted by Crippen LogP contribution is -2.40.